The van der Waals surface area contributed by atoms with E-state index in [4.69, 9.17) is 9.15 Å². The number of nitrogens with one attached hydrogen (secondary N) is 1. The van der Waals surface area contributed by atoms with Gasteiger partial charge in [-0.2, -0.15) is 13.2 Å². The third-order valence-electron chi connectivity index (χ3n) is 5.06. The van der Waals surface area contributed by atoms with Crippen LogP contribution in [0.25, 0.3) is 11.6 Å². The Morgan fingerprint density at radius 1 is 1.21 bits per heavy atom. The monoisotopic (exact) mass is 481 g/mol. The van der Waals surface area contributed by atoms with Gasteiger partial charge in [-0.05, 0) is 37.3 Å². The van der Waals surface area contributed by atoms with Crippen molar-refractivity contribution >= 4 is 29.0 Å². The maximum atomic E-state index is 13.3. The molecule has 1 amide bonds. The number of rotatable bonds is 7. The zero-order valence-corrected chi connectivity index (χ0v) is 18.6. The van der Waals surface area contributed by atoms with E-state index in [0.717, 1.165) is 23.9 Å². The van der Waals surface area contributed by atoms with E-state index in [-0.39, 0.29) is 11.4 Å². The first-order valence-corrected chi connectivity index (χ1v) is 11.3. The van der Waals surface area contributed by atoms with Crippen LogP contribution in [0.2, 0.25) is 0 Å². The number of hydrogen-bond acceptors (Lipinski definition) is 7. The molecule has 0 unspecified atom stereocenters. The first-order valence-electron chi connectivity index (χ1n) is 10.3. The quantitative estimate of drug-likeness (QED) is 0.508. The zero-order valence-electron chi connectivity index (χ0n) is 17.8. The van der Waals surface area contributed by atoms with Gasteiger partial charge < -0.3 is 19.4 Å². The van der Waals surface area contributed by atoms with Gasteiger partial charge in [-0.15, -0.1) is 10.2 Å². The lowest BCUT2D eigenvalue weighted by Gasteiger charge is -2.31. The van der Waals surface area contributed by atoms with Gasteiger partial charge in [-0.1, -0.05) is 11.8 Å². The van der Waals surface area contributed by atoms with Crippen molar-refractivity contribution in [3.05, 3.63) is 42.2 Å². The zero-order chi connectivity index (χ0) is 23.4. The number of aromatic nitrogens is 3. The molecular formula is C21H22F3N5O3S. The largest absolute Gasteiger partial charge is 0.461 e. The van der Waals surface area contributed by atoms with Gasteiger partial charge in [-0.25, -0.2) is 0 Å². The van der Waals surface area contributed by atoms with Crippen molar-refractivity contribution in [1.29, 1.82) is 0 Å². The summed E-state index contributed by atoms with van der Waals surface area (Å²) in [6.45, 7) is 4.46. The first kappa shape index (κ1) is 23.2. The van der Waals surface area contributed by atoms with Crippen molar-refractivity contribution in [3.8, 4) is 11.6 Å². The van der Waals surface area contributed by atoms with Gasteiger partial charge in [0.1, 0.15) is 0 Å². The Morgan fingerprint density at radius 3 is 2.67 bits per heavy atom. The Bertz CT molecular complexity index is 1100. The molecule has 3 heterocycles. The highest BCUT2D eigenvalue weighted by Gasteiger charge is 2.32. The summed E-state index contributed by atoms with van der Waals surface area (Å²) in [6.07, 6.45) is -2.98. The molecule has 1 N–H and O–H groups in total. The molecule has 1 saturated heterocycles. The van der Waals surface area contributed by atoms with Crippen molar-refractivity contribution in [2.45, 2.75) is 24.8 Å². The molecule has 12 heteroatoms. The minimum atomic E-state index is -4.52. The summed E-state index contributed by atoms with van der Waals surface area (Å²) < 4.78 is 52.3. The fraction of sp³-hybridized carbons (Fsp3) is 0.381. The summed E-state index contributed by atoms with van der Waals surface area (Å²) in [5.41, 5.74) is -0.177. The lowest BCUT2D eigenvalue weighted by Crippen LogP contribution is -2.37. The summed E-state index contributed by atoms with van der Waals surface area (Å²) in [5.74, 6) is 0.603. The molecule has 0 aliphatic carbocycles. The summed E-state index contributed by atoms with van der Waals surface area (Å²) in [4.78, 5) is 14.6. The van der Waals surface area contributed by atoms with E-state index in [1.54, 1.807) is 16.7 Å². The number of alkyl halides is 3. The molecule has 0 saturated carbocycles. The number of amides is 1. The normalized spacial score (nSPS) is 14.5. The first-order chi connectivity index (χ1) is 15.9. The maximum Gasteiger partial charge on any atom is 0.416 e. The SMILES string of the molecule is CCn1c(SCC(=O)Nc2cc(C(F)(F)F)ccc2N2CCOCC2)nnc1-c1ccco1. The molecule has 0 radical (unpaired) electrons. The second kappa shape index (κ2) is 9.87. The molecule has 0 atom stereocenters. The van der Waals surface area contributed by atoms with Crippen LogP contribution in [-0.4, -0.2) is 52.7 Å². The molecule has 0 spiro atoms. The predicted octanol–water partition coefficient (Wildman–Crippen LogP) is 4.14. The van der Waals surface area contributed by atoms with Crippen LogP contribution < -0.4 is 10.2 Å². The predicted molar refractivity (Wildman–Crippen MR) is 117 cm³/mol. The molecule has 1 aliphatic heterocycles. The number of thioether (sulfide) groups is 1. The van der Waals surface area contributed by atoms with E-state index in [1.807, 2.05) is 11.8 Å². The van der Waals surface area contributed by atoms with Gasteiger partial charge >= 0.3 is 6.18 Å². The third kappa shape index (κ3) is 5.33. The summed E-state index contributed by atoms with van der Waals surface area (Å²) in [5, 5.41) is 11.4. The Labute approximate surface area is 192 Å². The Hall–Kier alpha value is -2.99. The number of halogens is 3. The average Bonchev–Trinajstić information content (AvgIpc) is 3.47. The van der Waals surface area contributed by atoms with Gasteiger partial charge in [0.25, 0.3) is 0 Å². The number of carbonyl (C=O) groups excluding carboxylic acids is 1. The Morgan fingerprint density at radius 2 is 2.00 bits per heavy atom. The highest BCUT2D eigenvalue weighted by Crippen LogP contribution is 2.36. The fourth-order valence-electron chi connectivity index (χ4n) is 3.48. The number of furan rings is 1. The van der Waals surface area contributed by atoms with Crippen LogP contribution in [0.4, 0.5) is 24.5 Å². The van der Waals surface area contributed by atoms with E-state index >= 15 is 0 Å². The van der Waals surface area contributed by atoms with Crippen molar-refractivity contribution in [1.82, 2.24) is 14.8 Å². The van der Waals surface area contributed by atoms with Gasteiger partial charge in [0, 0.05) is 19.6 Å². The summed E-state index contributed by atoms with van der Waals surface area (Å²) in [7, 11) is 0. The molecule has 33 heavy (non-hydrogen) atoms. The minimum Gasteiger partial charge on any atom is -0.461 e. The van der Waals surface area contributed by atoms with Crippen molar-refractivity contribution in [2.24, 2.45) is 0 Å². The molecule has 8 nitrogen and oxygen atoms in total. The van der Waals surface area contributed by atoms with Crippen LogP contribution in [0.1, 0.15) is 12.5 Å². The van der Waals surface area contributed by atoms with E-state index < -0.39 is 17.6 Å². The van der Waals surface area contributed by atoms with Gasteiger partial charge in [0.05, 0.1) is 42.2 Å². The molecule has 4 rings (SSSR count). The highest BCUT2D eigenvalue weighted by molar-refractivity contribution is 7.99. The van der Waals surface area contributed by atoms with Gasteiger partial charge in [-0.3, -0.25) is 9.36 Å². The second-order valence-electron chi connectivity index (χ2n) is 7.19. The molecule has 1 fully saturated rings. The molecule has 0 bridgehead atoms. The van der Waals surface area contributed by atoms with Gasteiger partial charge in [0.2, 0.25) is 5.91 Å². The van der Waals surface area contributed by atoms with Crippen molar-refractivity contribution < 1.29 is 27.1 Å². The number of anilines is 2. The lowest BCUT2D eigenvalue weighted by atomic mass is 10.1. The molecule has 176 valence electrons. The highest BCUT2D eigenvalue weighted by atomic mass is 32.2. The smallest absolute Gasteiger partial charge is 0.416 e. The van der Waals surface area contributed by atoms with E-state index in [2.05, 4.69) is 15.5 Å². The van der Waals surface area contributed by atoms with Gasteiger partial charge in [0.15, 0.2) is 16.7 Å². The summed E-state index contributed by atoms with van der Waals surface area (Å²) >= 11 is 1.15. The number of ether oxygens (including phenoxy) is 1. The third-order valence-corrected chi connectivity index (χ3v) is 6.02. The molecule has 2 aromatic heterocycles. The van der Waals surface area contributed by atoms with Crippen LogP contribution in [0.5, 0.6) is 0 Å². The standard InChI is InChI=1S/C21H22F3N5O3S/c1-2-29-19(17-4-3-9-32-17)26-27-20(29)33-13-18(30)25-15-12-14(21(22,23)24)5-6-16(15)28-7-10-31-11-8-28/h3-6,9,12H,2,7-8,10-11,13H2,1H3,(H,25,30). The van der Waals surface area contributed by atoms with E-state index in [1.165, 1.54) is 12.3 Å². The van der Waals surface area contributed by atoms with Crippen LogP contribution in [-0.2, 0) is 22.3 Å². The maximum absolute atomic E-state index is 13.3. The van der Waals surface area contributed by atoms with E-state index in [9.17, 15) is 18.0 Å². The van der Waals surface area contributed by atoms with Crippen LogP contribution in [0.3, 0.4) is 0 Å². The molecule has 3 aromatic rings. The molecule has 1 aromatic carbocycles. The van der Waals surface area contributed by atoms with Crippen molar-refractivity contribution in [3.63, 3.8) is 0 Å². The molecule has 1 aliphatic rings. The lowest BCUT2D eigenvalue weighted by molar-refractivity contribution is -0.137. The number of morpholine rings is 1. The minimum absolute atomic E-state index is 0.0465. The second-order valence-corrected chi connectivity index (χ2v) is 8.14. The van der Waals surface area contributed by atoms with Crippen molar-refractivity contribution in [2.75, 3.05) is 42.3 Å². The van der Waals surface area contributed by atoms with Crippen LogP contribution >= 0.6 is 11.8 Å². The topological polar surface area (TPSA) is 85.4 Å². The number of carbonyl (C=O) groups is 1. The molecular weight excluding hydrogens is 459 g/mol. The Kier molecular flexibility index (Phi) is 6.94. The number of hydrogen-bond donors (Lipinski definition) is 1. The fourth-order valence-corrected chi connectivity index (χ4v) is 4.28. The average molecular weight is 482 g/mol. The number of nitrogens with zero attached hydrogens (tertiary/aromatic N) is 4. The van der Waals surface area contributed by atoms with Crippen LogP contribution in [0, 0.1) is 0 Å². The number of benzene rings is 1. The Balaban J connectivity index is 1.50. The van der Waals surface area contributed by atoms with E-state index in [0.29, 0.717) is 55.3 Å². The van der Waals surface area contributed by atoms with Crippen LogP contribution in [0.15, 0.2) is 46.2 Å². The summed E-state index contributed by atoms with van der Waals surface area (Å²) in [6, 6.07) is 6.88.